The lowest BCUT2D eigenvalue weighted by atomic mass is 9.87. The van der Waals surface area contributed by atoms with E-state index in [4.69, 9.17) is 22.1 Å². The minimum absolute atomic E-state index is 0.0425. The zero-order chi connectivity index (χ0) is 25.4. The Hall–Kier alpha value is -3.01. The number of nitrogens with zero attached hydrogens (tertiary/aromatic N) is 2. The first-order valence-corrected chi connectivity index (χ1v) is 12.9. The van der Waals surface area contributed by atoms with Crippen molar-refractivity contribution in [3.8, 4) is 10.8 Å². The summed E-state index contributed by atoms with van der Waals surface area (Å²) in [5.74, 6) is -4.03. The number of benzene rings is 2. The number of fused-ring (bicyclic) bond motifs is 1. The van der Waals surface area contributed by atoms with Gasteiger partial charge in [-0.1, -0.05) is 35.9 Å². The molecule has 2 aromatic carbocycles. The largest absolute Gasteiger partial charge is 0.484 e. The molecular formula is C26H25ClF2N4O2S. The molecule has 0 radical (unpaired) electrons. The number of alkyl halides is 2. The molecular weight excluding hydrogens is 506 g/mol. The SMILES string of the molecule is CC(Oc1cc(-n2cnc3ccc(C(F)(F)C4CCNCC4)cc32)sc1C(N)=O)c1ccccc1Cl. The Morgan fingerprint density at radius 2 is 2.00 bits per heavy atom. The maximum atomic E-state index is 15.4. The number of hydrogen-bond acceptors (Lipinski definition) is 5. The standard InChI is InChI=1S/C26H25ClF2N4O2S/c1-15(18-4-2-3-5-19(18)27)35-22-13-23(36-24(22)25(30)34)33-14-32-20-7-6-17(12-21(20)33)26(28,29)16-8-10-31-11-9-16/h2-7,12-16,31H,8-11H2,1H3,(H2,30,34). The molecule has 0 bridgehead atoms. The molecule has 0 saturated carbocycles. The van der Waals surface area contributed by atoms with E-state index < -0.39 is 23.9 Å². The topological polar surface area (TPSA) is 82.2 Å². The second-order valence-electron chi connectivity index (χ2n) is 8.89. The highest BCUT2D eigenvalue weighted by molar-refractivity contribution is 7.16. The molecule has 1 atom stereocenters. The van der Waals surface area contributed by atoms with E-state index in [0.717, 1.165) is 16.9 Å². The summed E-state index contributed by atoms with van der Waals surface area (Å²) < 4.78 is 38.5. The Morgan fingerprint density at radius 1 is 1.25 bits per heavy atom. The fraction of sp³-hybridized carbons (Fsp3) is 0.308. The number of amides is 1. The van der Waals surface area contributed by atoms with Crippen LogP contribution in [0, 0.1) is 5.92 Å². The zero-order valence-corrected chi connectivity index (χ0v) is 21.1. The second kappa shape index (κ2) is 9.80. The number of primary amides is 1. The van der Waals surface area contributed by atoms with Crippen LogP contribution in [0.3, 0.4) is 0 Å². The maximum absolute atomic E-state index is 15.4. The van der Waals surface area contributed by atoms with E-state index in [-0.39, 0.29) is 10.4 Å². The van der Waals surface area contributed by atoms with Crippen molar-refractivity contribution in [2.75, 3.05) is 13.1 Å². The molecule has 1 amide bonds. The number of imidazole rings is 1. The summed E-state index contributed by atoms with van der Waals surface area (Å²) in [6, 6.07) is 13.5. The van der Waals surface area contributed by atoms with Crippen molar-refractivity contribution >= 4 is 39.9 Å². The lowest BCUT2D eigenvalue weighted by Crippen LogP contribution is -2.36. The van der Waals surface area contributed by atoms with Gasteiger partial charge in [0.15, 0.2) is 0 Å². The molecule has 36 heavy (non-hydrogen) atoms. The molecule has 6 nitrogen and oxygen atoms in total. The van der Waals surface area contributed by atoms with Crippen LogP contribution in [-0.2, 0) is 5.92 Å². The molecule has 1 aliphatic heterocycles. The van der Waals surface area contributed by atoms with Gasteiger partial charge in [0.2, 0.25) is 0 Å². The molecule has 4 aromatic rings. The summed E-state index contributed by atoms with van der Waals surface area (Å²) in [6.45, 7) is 2.99. The number of halogens is 3. The van der Waals surface area contributed by atoms with Gasteiger partial charge in [0.25, 0.3) is 11.8 Å². The number of hydrogen-bond donors (Lipinski definition) is 2. The number of nitrogens with one attached hydrogen (secondary N) is 1. The van der Waals surface area contributed by atoms with E-state index in [1.807, 2.05) is 25.1 Å². The van der Waals surface area contributed by atoms with Gasteiger partial charge < -0.3 is 15.8 Å². The molecule has 188 valence electrons. The van der Waals surface area contributed by atoms with Gasteiger partial charge in [0.1, 0.15) is 28.1 Å². The number of nitrogens with two attached hydrogens (primary N) is 1. The van der Waals surface area contributed by atoms with Crippen molar-refractivity contribution in [2.45, 2.75) is 31.8 Å². The van der Waals surface area contributed by atoms with Crippen LogP contribution in [0.1, 0.15) is 46.7 Å². The molecule has 5 rings (SSSR count). The third-order valence-corrected chi connectivity index (χ3v) is 8.05. The maximum Gasteiger partial charge on any atom is 0.276 e. The van der Waals surface area contributed by atoms with Gasteiger partial charge in [-0.25, -0.2) is 13.8 Å². The predicted molar refractivity (Wildman–Crippen MR) is 137 cm³/mol. The van der Waals surface area contributed by atoms with Crippen LogP contribution in [0.25, 0.3) is 16.0 Å². The van der Waals surface area contributed by atoms with Gasteiger partial charge in [0, 0.05) is 28.1 Å². The number of carbonyl (C=O) groups excluding carboxylic acids is 1. The Labute approximate surface area is 216 Å². The molecule has 10 heteroatoms. The van der Waals surface area contributed by atoms with Gasteiger partial charge in [-0.2, -0.15) is 0 Å². The smallest absolute Gasteiger partial charge is 0.276 e. The first-order chi connectivity index (χ1) is 17.3. The van der Waals surface area contributed by atoms with E-state index in [9.17, 15) is 4.79 Å². The minimum Gasteiger partial charge on any atom is -0.484 e. The Morgan fingerprint density at radius 3 is 2.72 bits per heavy atom. The highest BCUT2D eigenvalue weighted by Crippen LogP contribution is 2.42. The van der Waals surface area contributed by atoms with Crippen LogP contribution in [0.2, 0.25) is 5.02 Å². The summed E-state index contributed by atoms with van der Waals surface area (Å²) in [5.41, 5.74) is 7.45. The van der Waals surface area contributed by atoms with Crippen LogP contribution in [0.15, 0.2) is 54.9 Å². The number of aromatic nitrogens is 2. The number of thiophene rings is 1. The quantitative estimate of drug-likeness (QED) is 0.304. The number of carbonyl (C=O) groups is 1. The summed E-state index contributed by atoms with van der Waals surface area (Å²) in [5, 5.41) is 4.26. The van der Waals surface area contributed by atoms with Crippen LogP contribution < -0.4 is 15.8 Å². The Bertz CT molecular complexity index is 1410. The third kappa shape index (κ3) is 4.58. The molecule has 0 spiro atoms. The van der Waals surface area contributed by atoms with E-state index in [0.29, 0.717) is 52.7 Å². The predicted octanol–water partition coefficient (Wildman–Crippen LogP) is 6.07. The first-order valence-electron chi connectivity index (χ1n) is 11.7. The van der Waals surface area contributed by atoms with E-state index in [2.05, 4.69) is 10.3 Å². The van der Waals surface area contributed by atoms with Crippen molar-refractivity contribution in [2.24, 2.45) is 11.7 Å². The summed E-state index contributed by atoms with van der Waals surface area (Å²) in [6.07, 6.45) is 1.94. The van der Waals surface area contributed by atoms with Gasteiger partial charge in [0.05, 0.1) is 11.0 Å². The Balaban J connectivity index is 1.51. The molecule has 3 N–H and O–H groups in total. The monoisotopic (exact) mass is 530 g/mol. The Kier molecular flexibility index (Phi) is 6.72. The van der Waals surface area contributed by atoms with E-state index in [1.165, 1.54) is 12.1 Å². The lowest BCUT2D eigenvalue weighted by molar-refractivity contribution is -0.0752. The fourth-order valence-corrected chi connectivity index (χ4v) is 5.83. The van der Waals surface area contributed by atoms with Crippen LogP contribution in [0.4, 0.5) is 8.78 Å². The molecule has 2 aromatic heterocycles. The van der Waals surface area contributed by atoms with Crippen molar-refractivity contribution in [1.29, 1.82) is 0 Å². The molecule has 1 unspecified atom stereocenters. The molecule has 1 fully saturated rings. The normalized spacial score (nSPS) is 15.8. The molecule has 0 aliphatic carbocycles. The van der Waals surface area contributed by atoms with Gasteiger partial charge in [-0.3, -0.25) is 9.36 Å². The van der Waals surface area contributed by atoms with Gasteiger partial charge in [-0.05, 0) is 51.1 Å². The van der Waals surface area contributed by atoms with Crippen LogP contribution in [0.5, 0.6) is 5.75 Å². The second-order valence-corrected chi connectivity index (χ2v) is 10.3. The van der Waals surface area contributed by atoms with Crippen LogP contribution in [-0.4, -0.2) is 28.5 Å². The minimum atomic E-state index is -2.96. The first kappa shape index (κ1) is 24.7. The van der Waals surface area contributed by atoms with E-state index in [1.54, 1.807) is 29.1 Å². The number of piperidine rings is 1. The van der Waals surface area contributed by atoms with Crippen molar-refractivity contribution in [3.05, 3.63) is 75.9 Å². The van der Waals surface area contributed by atoms with Crippen molar-refractivity contribution in [3.63, 3.8) is 0 Å². The summed E-state index contributed by atoms with van der Waals surface area (Å²) in [4.78, 5) is 16.8. The van der Waals surface area contributed by atoms with Gasteiger partial charge >= 0.3 is 0 Å². The average molecular weight is 531 g/mol. The number of ether oxygens (including phenoxy) is 1. The summed E-state index contributed by atoms with van der Waals surface area (Å²) in [7, 11) is 0. The third-order valence-electron chi connectivity index (χ3n) is 6.58. The molecule has 1 saturated heterocycles. The van der Waals surface area contributed by atoms with Crippen molar-refractivity contribution in [1.82, 2.24) is 14.9 Å². The summed E-state index contributed by atoms with van der Waals surface area (Å²) >= 11 is 7.42. The molecule has 1 aliphatic rings. The van der Waals surface area contributed by atoms with Crippen LogP contribution >= 0.6 is 22.9 Å². The van der Waals surface area contributed by atoms with Gasteiger partial charge in [-0.15, -0.1) is 11.3 Å². The average Bonchev–Trinajstić information content (AvgIpc) is 3.48. The van der Waals surface area contributed by atoms with Crippen molar-refractivity contribution < 1.29 is 18.3 Å². The number of rotatable bonds is 7. The molecule has 3 heterocycles. The lowest BCUT2D eigenvalue weighted by Gasteiger charge is -2.30. The highest BCUT2D eigenvalue weighted by atomic mass is 35.5. The highest BCUT2D eigenvalue weighted by Gasteiger charge is 2.41. The fourth-order valence-electron chi connectivity index (χ4n) is 4.61. The van der Waals surface area contributed by atoms with E-state index >= 15 is 8.78 Å². The zero-order valence-electron chi connectivity index (χ0n) is 19.5.